The molecule has 100 valence electrons. The number of methoxy groups -OCH3 is 1. The maximum absolute atomic E-state index is 13.2. The number of ether oxygens (including phenoxy) is 1. The van der Waals surface area contributed by atoms with Crippen molar-refractivity contribution in [2.24, 2.45) is 5.73 Å². The Morgan fingerprint density at radius 2 is 1.84 bits per heavy atom. The summed E-state index contributed by atoms with van der Waals surface area (Å²) >= 11 is 5.86. The number of halogens is 3. The number of nitrogens with two attached hydrogens (primary N) is 1. The Labute approximate surface area is 114 Å². The van der Waals surface area contributed by atoms with Gasteiger partial charge in [0.25, 0.3) is 0 Å². The highest BCUT2D eigenvalue weighted by Crippen LogP contribution is 2.31. The second-order valence-corrected chi connectivity index (χ2v) is 4.47. The van der Waals surface area contributed by atoms with Gasteiger partial charge in [-0.25, -0.2) is 8.78 Å². The first-order valence-electron chi connectivity index (χ1n) is 5.57. The molecule has 2 aromatic rings. The zero-order chi connectivity index (χ0) is 14.0. The fourth-order valence-corrected chi connectivity index (χ4v) is 1.99. The van der Waals surface area contributed by atoms with Gasteiger partial charge in [-0.2, -0.15) is 0 Å². The van der Waals surface area contributed by atoms with Gasteiger partial charge < -0.3 is 10.5 Å². The molecule has 0 heterocycles. The van der Waals surface area contributed by atoms with Gasteiger partial charge in [0.1, 0.15) is 5.75 Å². The smallest absolute Gasteiger partial charge is 0.159 e. The molecule has 0 aromatic heterocycles. The van der Waals surface area contributed by atoms with Crippen molar-refractivity contribution >= 4 is 11.6 Å². The first kappa shape index (κ1) is 13.8. The van der Waals surface area contributed by atoms with E-state index in [-0.39, 0.29) is 0 Å². The van der Waals surface area contributed by atoms with Gasteiger partial charge in [0, 0.05) is 10.6 Å². The van der Waals surface area contributed by atoms with E-state index >= 15 is 0 Å². The van der Waals surface area contributed by atoms with E-state index in [1.54, 1.807) is 18.2 Å². The zero-order valence-electron chi connectivity index (χ0n) is 10.2. The summed E-state index contributed by atoms with van der Waals surface area (Å²) in [6, 6.07) is 7.93. The summed E-state index contributed by atoms with van der Waals surface area (Å²) < 4.78 is 31.3. The molecule has 0 spiro atoms. The lowest BCUT2D eigenvalue weighted by Crippen LogP contribution is -2.13. The molecule has 0 fully saturated rings. The van der Waals surface area contributed by atoms with Gasteiger partial charge in [-0.3, -0.25) is 0 Å². The highest BCUT2D eigenvalue weighted by molar-refractivity contribution is 6.30. The van der Waals surface area contributed by atoms with E-state index in [4.69, 9.17) is 22.1 Å². The minimum atomic E-state index is -0.930. The van der Waals surface area contributed by atoms with Crippen LogP contribution in [-0.4, -0.2) is 7.11 Å². The van der Waals surface area contributed by atoms with Crippen molar-refractivity contribution in [1.29, 1.82) is 0 Å². The maximum atomic E-state index is 13.2. The van der Waals surface area contributed by atoms with E-state index in [1.165, 1.54) is 13.2 Å². The van der Waals surface area contributed by atoms with Crippen LogP contribution in [0.1, 0.15) is 17.2 Å². The van der Waals surface area contributed by atoms with Crippen LogP contribution in [0.4, 0.5) is 8.78 Å². The molecule has 2 N–H and O–H groups in total. The summed E-state index contributed by atoms with van der Waals surface area (Å²) in [5.41, 5.74) is 7.16. The third kappa shape index (κ3) is 2.85. The molecule has 0 amide bonds. The molecule has 19 heavy (non-hydrogen) atoms. The number of rotatable bonds is 3. The van der Waals surface area contributed by atoms with E-state index in [2.05, 4.69) is 0 Å². The Morgan fingerprint density at radius 3 is 2.47 bits per heavy atom. The topological polar surface area (TPSA) is 35.2 Å². The molecular weight excluding hydrogens is 272 g/mol. The quantitative estimate of drug-likeness (QED) is 0.933. The molecule has 2 rings (SSSR count). The second-order valence-electron chi connectivity index (χ2n) is 4.04. The summed E-state index contributed by atoms with van der Waals surface area (Å²) in [6.07, 6.45) is 0. The normalized spacial score (nSPS) is 12.3. The van der Waals surface area contributed by atoms with Crippen LogP contribution < -0.4 is 10.5 Å². The summed E-state index contributed by atoms with van der Waals surface area (Å²) in [6.45, 7) is 0. The molecule has 5 heteroatoms. The molecule has 0 saturated carbocycles. The average molecular weight is 284 g/mol. The van der Waals surface area contributed by atoms with Gasteiger partial charge in [0.15, 0.2) is 11.6 Å². The van der Waals surface area contributed by atoms with Crippen molar-refractivity contribution in [1.82, 2.24) is 0 Å². The summed E-state index contributed by atoms with van der Waals surface area (Å²) in [7, 11) is 1.49. The Kier molecular flexibility index (Phi) is 4.02. The SMILES string of the molecule is COc1cc(Cl)ccc1C(N)c1ccc(F)c(F)c1. The van der Waals surface area contributed by atoms with E-state index in [0.717, 1.165) is 12.1 Å². The van der Waals surface area contributed by atoms with Crippen LogP contribution in [0.3, 0.4) is 0 Å². The first-order chi connectivity index (χ1) is 9.02. The molecule has 1 atom stereocenters. The molecule has 2 aromatic carbocycles. The van der Waals surface area contributed by atoms with Crippen LogP contribution in [0.2, 0.25) is 5.02 Å². The minimum Gasteiger partial charge on any atom is -0.496 e. The van der Waals surface area contributed by atoms with E-state index in [9.17, 15) is 8.78 Å². The number of benzene rings is 2. The summed E-state index contributed by atoms with van der Waals surface area (Å²) in [4.78, 5) is 0. The summed E-state index contributed by atoms with van der Waals surface area (Å²) in [5.74, 6) is -1.33. The minimum absolute atomic E-state index is 0.458. The molecule has 1 unspecified atom stereocenters. The average Bonchev–Trinajstić information content (AvgIpc) is 2.41. The van der Waals surface area contributed by atoms with Crippen LogP contribution in [0.15, 0.2) is 36.4 Å². The Morgan fingerprint density at radius 1 is 1.11 bits per heavy atom. The monoisotopic (exact) mass is 283 g/mol. The molecule has 0 aliphatic heterocycles. The van der Waals surface area contributed by atoms with E-state index in [0.29, 0.717) is 21.9 Å². The first-order valence-corrected chi connectivity index (χ1v) is 5.94. The van der Waals surface area contributed by atoms with Crippen molar-refractivity contribution in [3.8, 4) is 5.75 Å². The lowest BCUT2D eigenvalue weighted by atomic mass is 9.98. The molecule has 0 aliphatic rings. The molecule has 0 aliphatic carbocycles. The van der Waals surface area contributed by atoms with Crippen LogP contribution in [-0.2, 0) is 0 Å². The number of hydrogen-bond donors (Lipinski definition) is 1. The molecule has 0 bridgehead atoms. The van der Waals surface area contributed by atoms with Crippen LogP contribution in [0, 0.1) is 11.6 Å². The molecule has 0 radical (unpaired) electrons. The fraction of sp³-hybridized carbons (Fsp3) is 0.143. The second kappa shape index (κ2) is 5.55. The highest BCUT2D eigenvalue weighted by atomic mass is 35.5. The molecule has 0 saturated heterocycles. The predicted molar refractivity (Wildman–Crippen MR) is 70.4 cm³/mol. The standard InChI is InChI=1S/C14H12ClF2NO/c1-19-13-7-9(15)3-4-10(13)14(18)8-2-5-11(16)12(17)6-8/h2-7,14H,18H2,1H3. The molecular formula is C14H12ClF2NO. The Bertz CT molecular complexity index is 604. The van der Waals surface area contributed by atoms with Crippen molar-refractivity contribution in [3.05, 3.63) is 64.2 Å². The maximum Gasteiger partial charge on any atom is 0.159 e. The Balaban J connectivity index is 2.43. The van der Waals surface area contributed by atoms with Gasteiger partial charge in [-0.1, -0.05) is 23.7 Å². The van der Waals surface area contributed by atoms with Crippen molar-refractivity contribution < 1.29 is 13.5 Å². The molecule has 2 nitrogen and oxygen atoms in total. The summed E-state index contributed by atoms with van der Waals surface area (Å²) in [5, 5.41) is 0.512. The van der Waals surface area contributed by atoms with Crippen molar-refractivity contribution in [2.45, 2.75) is 6.04 Å². The largest absolute Gasteiger partial charge is 0.496 e. The van der Waals surface area contributed by atoms with Crippen LogP contribution in [0.25, 0.3) is 0 Å². The lowest BCUT2D eigenvalue weighted by molar-refractivity contribution is 0.408. The fourth-order valence-electron chi connectivity index (χ4n) is 1.83. The van der Waals surface area contributed by atoms with Crippen molar-refractivity contribution in [3.63, 3.8) is 0 Å². The lowest BCUT2D eigenvalue weighted by Gasteiger charge is -2.16. The zero-order valence-corrected chi connectivity index (χ0v) is 10.9. The van der Waals surface area contributed by atoms with E-state index < -0.39 is 17.7 Å². The Hall–Kier alpha value is -1.65. The van der Waals surface area contributed by atoms with Gasteiger partial charge in [-0.05, 0) is 29.8 Å². The van der Waals surface area contributed by atoms with Crippen molar-refractivity contribution in [2.75, 3.05) is 7.11 Å². The third-order valence-corrected chi connectivity index (χ3v) is 3.07. The predicted octanol–water partition coefficient (Wildman–Crippen LogP) is 3.67. The van der Waals surface area contributed by atoms with E-state index in [1.807, 2.05) is 0 Å². The van der Waals surface area contributed by atoms with Gasteiger partial charge in [0.05, 0.1) is 13.2 Å². The van der Waals surface area contributed by atoms with Gasteiger partial charge in [0.2, 0.25) is 0 Å². The highest BCUT2D eigenvalue weighted by Gasteiger charge is 2.16. The third-order valence-electron chi connectivity index (χ3n) is 2.83. The van der Waals surface area contributed by atoms with Gasteiger partial charge in [-0.15, -0.1) is 0 Å². The van der Waals surface area contributed by atoms with Crippen LogP contribution >= 0.6 is 11.6 Å². The van der Waals surface area contributed by atoms with Crippen LogP contribution in [0.5, 0.6) is 5.75 Å². The number of hydrogen-bond acceptors (Lipinski definition) is 2. The van der Waals surface area contributed by atoms with Gasteiger partial charge >= 0.3 is 0 Å².